The molecular formula is C16H24N2O. The Bertz CT molecular complexity index is 438. The van der Waals surface area contributed by atoms with Gasteiger partial charge in [-0.25, -0.2) is 0 Å². The number of anilines is 1. The molecule has 19 heavy (non-hydrogen) atoms. The minimum absolute atomic E-state index is 0.663. The molecular weight excluding hydrogens is 236 g/mol. The van der Waals surface area contributed by atoms with E-state index in [-0.39, 0.29) is 0 Å². The number of fused-ring (bicyclic) bond motifs is 1. The normalized spacial score (nSPS) is 22.9. The Labute approximate surface area is 116 Å². The van der Waals surface area contributed by atoms with Gasteiger partial charge in [0.2, 0.25) is 0 Å². The van der Waals surface area contributed by atoms with Crippen LogP contribution in [0.25, 0.3) is 0 Å². The van der Waals surface area contributed by atoms with E-state index in [1.54, 1.807) is 0 Å². The summed E-state index contributed by atoms with van der Waals surface area (Å²) in [5.41, 5.74) is 2.60. The number of nitrogens with zero attached hydrogens (tertiary/aromatic N) is 2. The molecule has 0 amide bonds. The molecule has 3 nitrogen and oxygen atoms in total. The summed E-state index contributed by atoms with van der Waals surface area (Å²) >= 11 is 0. The van der Waals surface area contributed by atoms with E-state index in [9.17, 15) is 0 Å². The molecule has 0 saturated carbocycles. The molecule has 0 radical (unpaired) electrons. The van der Waals surface area contributed by atoms with Gasteiger partial charge < -0.3 is 14.5 Å². The van der Waals surface area contributed by atoms with Crippen LogP contribution < -0.4 is 9.64 Å². The number of benzene rings is 1. The van der Waals surface area contributed by atoms with Crippen molar-refractivity contribution in [1.29, 1.82) is 0 Å². The summed E-state index contributed by atoms with van der Waals surface area (Å²) in [6.07, 6.45) is 3.91. The Hall–Kier alpha value is -1.22. The first-order valence-electron chi connectivity index (χ1n) is 7.38. The van der Waals surface area contributed by atoms with Gasteiger partial charge in [0, 0.05) is 38.3 Å². The second-order valence-corrected chi connectivity index (χ2v) is 6.08. The molecule has 0 aromatic heterocycles. The van der Waals surface area contributed by atoms with Gasteiger partial charge in [0.25, 0.3) is 0 Å². The second kappa shape index (κ2) is 5.41. The molecule has 2 heterocycles. The van der Waals surface area contributed by atoms with E-state index in [0.717, 1.165) is 12.4 Å². The van der Waals surface area contributed by atoms with Crippen molar-refractivity contribution in [2.75, 3.05) is 45.2 Å². The summed E-state index contributed by atoms with van der Waals surface area (Å²) in [6, 6.07) is 6.60. The average molecular weight is 260 g/mol. The molecule has 104 valence electrons. The van der Waals surface area contributed by atoms with Gasteiger partial charge in [-0.2, -0.15) is 0 Å². The third-order valence-corrected chi connectivity index (χ3v) is 4.27. The molecule has 2 aliphatic rings. The molecule has 0 N–H and O–H groups in total. The van der Waals surface area contributed by atoms with E-state index >= 15 is 0 Å². The fraction of sp³-hybridized carbons (Fsp3) is 0.625. The molecule has 1 saturated heterocycles. The zero-order valence-electron chi connectivity index (χ0n) is 12.1. The van der Waals surface area contributed by atoms with Crippen LogP contribution in [0.5, 0.6) is 5.75 Å². The maximum atomic E-state index is 5.98. The van der Waals surface area contributed by atoms with Crippen molar-refractivity contribution in [2.45, 2.75) is 19.3 Å². The van der Waals surface area contributed by atoms with Crippen LogP contribution in [-0.2, 0) is 6.42 Å². The lowest BCUT2D eigenvalue weighted by molar-refractivity contribution is 0.175. The highest BCUT2D eigenvalue weighted by Gasteiger charge is 2.23. The van der Waals surface area contributed by atoms with Gasteiger partial charge in [-0.05, 0) is 44.0 Å². The highest BCUT2D eigenvalue weighted by atomic mass is 16.5. The van der Waals surface area contributed by atoms with Crippen LogP contribution in [0.15, 0.2) is 18.2 Å². The first-order chi connectivity index (χ1) is 9.22. The second-order valence-electron chi connectivity index (χ2n) is 6.08. The van der Waals surface area contributed by atoms with E-state index < -0.39 is 0 Å². The van der Waals surface area contributed by atoms with Gasteiger partial charge in [0.05, 0.1) is 6.61 Å². The molecule has 0 aliphatic carbocycles. The number of ether oxygens (including phenoxy) is 1. The average Bonchev–Trinajstić information content (AvgIpc) is 2.91. The maximum absolute atomic E-state index is 5.98. The van der Waals surface area contributed by atoms with E-state index in [1.165, 1.54) is 50.1 Å². The molecule has 1 aromatic carbocycles. The quantitative estimate of drug-likeness (QED) is 0.830. The lowest BCUT2D eigenvalue weighted by atomic mass is 9.96. The van der Waals surface area contributed by atoms with Gasteiger partial charge in [0.1, 0.15) is 5.75 Å². The van der Waals surface area contributed by atoms with Crippen LogP contribution in [0.3, 0.4) is 0 Å². The highest BCUT2D eigenvalue weighted by molar-refractivity contribution is 5.53. The topological polar surface area (TPSA) is 15.7 Å². The van der Waals surface area contributed by atoms with Crippen molar-refractivity contribution >= 4 is 5.69 Å². The van der Waals surface area contributed by atoms with Crippen molar-refractivity contribution in [1.82, 2.24) is 4.90 Å². The highest BCUT2D eigenvalue weighted by Crippen LogP contribution is 2.31. The fourth-order valence-electron chi connectivity index (χ4n) is 3.15. The summed E-state index contributed by atoms with van der Waals surface area (Å²) in [5.74, 6) is 1.75. The molecule has 2 aliphatic heterocycles. The molecule has 1 fully saturated rings. The Morgan fingerprint density at radius 1 is 1.26 bits per heavy atom. The van der Waals surface area contributed by atoms with E-state index in [1.807, 2.05) is 0 Å². The first-order valence-corrected chi connectivity index (χ1v) is 7.38. The van der Waals surface area contributed by atoms with E-state index in [2.05, 4.69) is 42.1 Å². The van der Waals surface area contributed by atoms with Gasteiger partial charge in [-0.15, -0.1) is 0 Å². The number of rotatable bonds is 3. The Morgan fingerprint density at radius 3 is 2.79 bits per heavy atom. The summed E-state index contributed by atoms with van der Waals surface area (Å²) in [5, 5.41) is 0. The van der Waals surface area contributed by atoms with Crippen molar-refractivity contribution in [3.05, 3.63) is 23.8 Å². The van der Waals surface area contributed by atoms with Crippen LogP contribution in [-0.4, -0.2) is 45.2 Å². The van der Waals surface area contributed by atoms with Gasteiger partial charge in [-0.1, -0.05) is 6.07 Å². The van der Waals surface area contributed by atoms with E-state index in [0.29, 0.717) is 5.92 Å². The van der Waals surface area contributed by atoms with Gasteiger partial charge >= 0.3 is 0 Å². The lowest BCUT2D eigenvalue weighted by Gasteiger charge is -2.29. The van der Waals surface area contributed by atoms with Crippen molar-refractivity contribution in [3.8, 4) is 5.75 Å². The molecule has 0 bridgehead atoms. The summed E-state index contributed by atoms with van der Waals surface area (Å²) in [6.45, 7) is 4.64. The van der Waals surface area contributed by atoms with Crippen LogP contribution in [0, 0.1) is 5.92 Å². The third-order valence-electron chi connectivity index (χ3n) is 4.27. The monoisotopic (exact) mass is 260 g/mol. The largest absolute Gasteiger partial charge is 0.493 e. The maximum Gasteiger partial charge on any atom is 0.124 e. The first kappa shape index (κ1) is 12.8. The molecule has 1 aromatic rings. The number of hydrogen-bond donors (Lipinski definition) is 0. The minimum atomic E-state index is 0.663. The molecule has 3 rings (SSSR count). The zero-order chi connectivity index (χ0) is 13.2. The van der Waals surface area contributed by atoms with Crippen molar-refractivity contribution in [2.24, 2.45) is 5.92 Å². The molecule has 3 heteroatoms. The fourth-order valence-corrected chi connectivity index (χ4v) is 3.15. The standard InChI is InChI=1S/C16H24N2O/c1-17(2)15-6-5-14-9-13(12-19-16(14)10-15)11-18-7-3-4-8-18/h5-6,10,13H,3-4,7-9,11-12H2,1-2H3. The minimum Gasteiger partial charge on any atom is -0.493 e. The van der Waals surface area contributed by atoms with Crippen LogP contribution in [0.1, 0.15) is 18.4 Å². The lowest BCUT2D eigenvalue weighted by Crippen LogP contribution is -2.33. The summed E-state index contributed by atoms with van der Waals surface area (Å²) in [4.78, 5) is 4.72. The predicted molar refractivity (Wildman–Crippen MR) is 79.1 cm³/mol. The Balaban J connectivity index is 1.66. The SMILES string of the molecule is CN(C)c1ccc2c(c1)OCC(CN1CCCC1)C2. The van der Waals surface area contributed by atoms with Crippen molar-refractivity contribution in [3.63, 3.8) is 0 Å². The smallest absolute Gasteiger partial charge is 0.124 e. The molecule has 1 unspecified atom stereocenters. The van der Waals surface area contributed by atoms with E-state index in [4.69, 9.17) is 4.74 Å². The van der Waals surface area contributed by atoms with Crippen LogP contribution in [0.2, 0.25) is 0 Å². The summed E-state index contributed by atoms with van der Waals surface area (Å²) < 4.78 is 5.98. The summed E-state index contributed by atoms with van der Waals surface area (Å²) in [7, 11) is 4.14. The predicted octanol–water partition coefficient (Wildman–Crippen LogP) is 2.40. The Morgan fingerprint density at radius 2 is 2.05 bits per heavy atom. The van der Waals surface area contributed by atoms with Crippen LogP contribution >= 0.6 is 0 Å². The molecule has 0 spiro atoms. The van der Waals surface area contributed by atoms with Crippen LogP contribution in [0.4, 0.5) is 5.69 Å². The zero-order valence-corrected chi connectivity index (χ0v) is 12.1. The number of hydrogen-bond acceptors (Lipinski definition) is 3. The Kier molecular flexibility index (Phi) is 3.65. The third kappa shape index (κ3) is 2.86. The molecule has 1 atom stereocenters. The number of likely N-dealkylation sites (tertiary alicyclic amines) is 1. The van der Waals surface area contributed by atoms with Gasteiger partial charge in [-0.3, -0.25) is 0 Å². The van der Waals surface area contributed by atoms with Gasteiger partial charge in [0.15, 0.2) is 0 Å². The van der Waals surface area contributed by atoms with Crippen molar-refractivity contribution < 1.29 is 4.74 Å².